The van der Waals surface area contributed by atoms with Crippen molar-refractivity contribution in [3.05, 3.63) is 47.8 Å². The maximum Gasteiger partial charge on any atom is 0.314 e. The number of piperidine rings is 2. The van der Waals surface area contributed by atoms with Crippen LogP contribution in [0.3, 0.4) is 0 Å². The molecule has 0 spiro atoms. The average Bonchev–Trinajstić information content (AvgIpc) is 3.32. The van der Waals surface area contributed by atoms with E-state index in [4.69, 9.17) is 0 Å². The van der Waals surface area contributed by atoms with Gasteiger partial charge in [-0.3, -0.25) is 14.4 Å². The molecule has 4 heterocycles. The van der Waals surface area contributed by atoms with Gasteiger partial charge in [-0.2, -0.15) is 0 Å². The van der Waals surface area contributed by atoms with Crippen LogP contribution in [-0.4, -0.2) is 75.5 Å². The van der Waals surface area contributed by atoms with E-state index in [1.165, 1.54) is 12.0 Å². The van der Waals surface area contributed by atoms with Crippen LogP contribution in [0.1, 0.15) is 49.8 Å². The second-order valence-corrected chi connectivity index (χ2v) is 10.7. The molecule has 2 aromatic rings. The molecule has 3 aliphatic heterocycles. The van der Waals surface area contributed by atoms with Crippen molar-refractivity contribution in [1.29, 1.82) is 0 Å². The Morgan fingerprint density at radius 1 is 0.944 bits per heavy atom. The first-order valence-corrected chi connectivity index (χ1v) is 13.6. The van der Waals surface area contributed by atoms with Gasteiger partial charge in [0.2, 0.25) is 5.91 Å². The molecule has 4 bridgehead atoms. The van der Waals surface area contributed by atoms with Crippen LogP contribution in [0.2, 0.25) is 0 Å². The summed E-state index contributed by atoms with van der Waals surface area (Å²) >= 11 is 0. The number of nitrogens with one attached hydrogen (secondary N) is 2. The van der Waals surface area contributed by atoms with E-state index < -0.39 is 0 Å². The number of hydrogen-bond acceptors (Lipinski definition) is 5. The highest BCUT2D eigenvalue weighted by Gasteiger charge is 2.42. The Bertz CT molecular complexity index is 1010. The van der Waals surface area contributed by atoms with Crippen LogP contribution in [0.25, 0.3) is 0 Å². The summed E-state index contributed by atoms with van der Waals surface area (Å²) in [4.78, 5) is 30.4. The fourth-order valence-corrected chi connectivity index (χ4v) is 6.21. The van der Waals surface area contributed by atoms with Crippen molar-refractivity contribution >= 4 is 11.9 Å². The number of urea groups is 1. The van der Waals surface area contributed by atoms with Gasteiger partial charge in [-0.25, -0.2) is 4.79 Å². The Balaban J connectivity index is 1.25. The maximum atomic E-state index is 13.4. The minimum atomic E-state index is -0.146. The molecular formula is C27H39N7O2. The number of rotatable bonds is 2. The number of carbonyl (C=O) groups is 2. The lowest BCUT2D eigenvalue weighted by Crippen LogP contribution is -2.59. The summed E-state index contributed by atoms with van der Waals surface area (Å²) in [7, 11) is 0. The molecule has 2 N–H and O–H groups in total. The molecule has 3 atom stereocenters. The van der Waals surface area contributed by atoms with Gasteiger partial charge in [0.15, 0.2) is 0 Å². The zero-order valence-corrected chi connectivity index (χ0v) is 21.1. The van der Waals surface area contributed by atoms with E-state index in [1.54, 1.807) is 0 Å². The molecule has 0 saturated carbocycles. The Morgan fingerprint density at radius 2 is 1.81 bits per heavy atom. The van der Waals surface area contributed by atoms with E-state index in [0.29, 0.717) is 37.8 Å². The van der Waals surface area contributed by atoms with Gasteiger partial charge in [0.1, 0.15) is 0 Å². The molecule has 5 rings (SSSR count). The molecule has 3 aliphatic rings. The number of likely N-dealkylation sites (tertiary alicyclic amines) is 1. The summed E-state index contributed by atoms with van der Waals surface area (Å²) in [6.45, 7) is 5.82. The van der Waals surface area contributed by atoms with E-state index in [1.807, 2.05) is 10.9 Å². The first-order valence-electron chi connectivity index (χ1n) is 13.6. The number of aryl methyl sites for hydroxylation is 1. The summed E-state index contributed by atoms with van der Waals surface area (Å²) < 4.78 is 1.85. The van der Waals surface area contributed by atoms with Gasteiger partial charge in [-0.05, 0) is 49.5 Å². The van der Waals surface area contributed by atoms with Crippen LogP contribution in [-0.2, 0) is 24.3 Å². The smallest absolute Gasteiger partial charge is 0.314 e. The van der Waals surface area contributed by atoms with Crippen LogP contribution in [0.4, 0.5) is 4.79 Å². The zero-order chi connectivity index (χ0) is 24.7. The van der Waals surface area contributed by atoms with Crippen LogP contribution in [0, 0.1) is 11.8 Å². The van der Waals surface area contributed by atoms with E-state index in [2.05, 4.69) is 61.1 Å². The standard InChI is InChI=1S/C27H39N7O2/c35-26-10-4-5-14-33-20-24(30-31-33)11-13-29-27(36)28-12-6-9-25-23-15-22(18-34(25)26)17-32(19-23)16-21-7-2-1-3-8-21/h1-3,7-8,20,22-23,25H,4-6,9-19H2,(H2,28,29,36)/t22?,23-,25?/m0/s1. The Labute approximate surface area is 213 Å². The highest BCUT2D eigenvalue weighted by molar-refractivity contribution is 5.76. The highest BCUT2D eigenvalue weighted by atomic mass is 16.2. The summed E-state index contributed by atoms with van der Waals surface area (Å²) in [6, 6.07) is 10.8. The molecule has 1 aromatic heterocycles. The van der Waals surface area contributed by atoms with Crippen LogP contribution in [0.5, 0.6) is 0 Å². The van der Waals surface area contributed by atoms with Crippen molar-refractivity contribution in [3.8, 4) is 0 Å². The van der Waals surface area contributed by atoms with Gasteiger partial charge >= 0.3 is 6.03 Å². The van der Waals surface area contributed by atoms with Gasteiger partial charge < -0.3 is 15.5 Å². The molecule has 0 aliphatic carbocycles. The lowest BCUT2D eigenvalue weighted by Gasteiger charge is -2.51. The lowest BCUT2D eigenvalue weighted by molar-refractivity contribution is -0.141. The first kappa shape index (κ1) is 24.7. The van der Waals surface area contributed by atoms with Gasteiger partial charge in [0, 0.05) is 70.9 Å². The third-order valence-electron chi connectivity index (χ3n) is 7.86. The Hall–Kier alpha value is -2.94. The maximum absolute atomic E-state index is 13.4. The number of amides is 3. The summed E-state index contributed by atoms with van der Waals surface area (Å²) in [5, 5.41) is 14.3. The quantitative estimate of drug-likeness (QED) is 0.670. The van der Waals surface area contributed by atoms with Crippen molar-refractivity contribution in [3.63, 3.8) is 0 Å². The monoisotopic (exact) mass is 493 g/mol. The van der Waals surface area contributed by atoms with Crippen molar-refractivity contribution in [2.75, 3.05) is 32.7 Å². The predicted octanol–water partition coefficient (Wildman–Crippen LogP) is 2.43. The van der Waals surface area contributed by atoms with Gasteiger partial charge in [-0.15, -0.1) is 5.10 Å². The van der Waals surface area contributed by atoms with Crippen molar-refractivity contribution in [1.82, 2.24) is 35.4 Å². The minimum absolute atomic E-state index is 0.146. The topological polar surface area (TPSA) is 95.4 Å². The van der Waals surface area contributed by atoms with E-state index in [0.717, 1.165) is 64.1 Å². The first-order chi connectivity index (χ1) is 17.6. The van der Waals surface area contributed by atoms with Crippen molar-refractivity contribution in [2.24, 2.45) is 11.8 Å². The Kier molecular flexibility index (Phi) is 8.15. The second-order valence-electron chi connectivity index (χ2n) is 10.7. The normalized spacial score (nSPS) is 26.8. The molecular weight excluding hydrogens is 454 g/mol. The number of benzene rings is 1. The second kappa shape index (κ2) is 11.9. The van der Waals surface area contributed by atoms with Crippen LogP contribution in [0.15, 0.2) is 36.5 Å². The van der Waals surface area contributed by atoms with E-state index >= 15 is 0 Å². The van der Waals surface area contributed by atoms with Crippen LogP contribution < -0.4 is 10.6 Å². The number of hydrogen-bond donors (Lipinski definition) is 2. The van der Waals surface area contributed by atoms with Crippen molar-refractivity contribution in [2.45, 2.75) is 64.1 Å². The molecule has 2 fully saturated rings. The third kappa shape index (κ3) is 6.43. The molecule has 2 unspecified atom stereocenters. The summed E-state index contributed by atoms with van der Waals surface area (Å²) in [5.74, 6) is 1.30. The van der Waals surface area contributed by atoms with Gasteiger partial charge in [0.25, 0.3) is 0 Å². The number of nitrogens with zero attached hydrogens (tertiary/aromatic N) is 5. The highest BCUT2D eigenvalue weighted by Crippen LogP contribution is 2.36. The van der Waals surface area contributed by atoms with Gasteiger partial charge in [-0.1, -0.05) is 35.5 Å². The molecule has 2 saturated heterocycles. The number of fused-ring (bicyclic) bond motifs is 6. The third-order valence-corrected chi connectivity index (χ3v) is 7.86. The fourth-order valence-electron chi connectivity index (χ4n) is 6.21. The summed E-state index contributed by atoms with van der Waals surface area (Å²) in [5.41, 5.74) is 2.22. The fraction of sp³-hybridized carbons (Fsp3) is 0.630. The predicted molar refractivity (Wildman–Crippen MR) is 137 cm³/mol. The largest absolute Gasteiger partial charge is 0.339 e. The van der Waals surface area contributed by atoms with Crippen molar-refractivity contribution < 1.29 is 9.59 Å². The minimum Gasteiger partial charge on any atom is -0.339 e. The van der Waals surface area contributed by atoms with Crippen LogP contribution >= 0.6 is 0 Å². The Morgan fingerprint density at radius 3 is 2.69 bits per heavy atom. The average molecular weight is 494 g/mol. The SMILES string of the molecule is O=C1NCCCC2[C@H]3CC(CN(Cc4ccccc4)C3)CN2C(=O)CCCCn2cc(nn2)CCN1. The molecule has 9 nitrogen and oxygen atoms in total. The molecule has 9 heteroatoms. The van der Waals surface area contributed by atoms with E-state index in [9.17, 15) is 9.59 Å². The van der Waals surface area contributed by atoms with Gasteiger partial charge in [0.05, 0.1) is 5.69 Å². The molecule has 36 heavy (non-hydrogen) atoms. The summed E-state index contributed by atoms with van der Waals surface area (Å²) in [6.07, 6.45) is 7.96. The molecule has 0 radical (unpaired) electrons. The molecule has 3 amide bonds. The number of carbonyl (C=O) groups excluding carboxylic acids is 2. The zero-order valence-electron chi connectivity index (χ0n) is 21.1. The molecule has 1 aromatic carbocycles. The lowest BCUT2D eigenvalue weighted by atomic mass is 9.77. The number of aromatic nitrogens is 3. The van der Waals surface area contributed by atoms with E-state index in [-0.39, 0.29) is 18.0 Å². The molecule has 194 valence electrons.